The maximum Gasteiger partial charge on any atom is 0.475 e. The van der Waals surface area contributed by atoms with Crippen LogP contribution >= 0.6 is 0 Å². The number of anilines is 1. The number of nitrogens with one attached hydrogen (secondary N) is 2. The zero-order valence-corrected chi connectivity index (χ0v) is 13.1. The molecule has 0 heterocycles. The molecule has 0 aliphatic carbocycles. The van der Waals surface area contributed by atoms with Crippen molar-refractivity contribution in [3.05, 3.63) is 30.3 Å². The molecule has 2 amide bonds. The molecular weight excluding hydrogens is 283 g/mol. The second-order valence-corrected chi connectivity index (χ2v) is 5.74. The smallest absolute Gasteiger partial charge is 0.426 e. The van der Waals surface area contributed by atoms with Gasteiger partial charge in [-0.3, -0.25) is 9.59 Å². The predicted octanol–water partition coefficient (Wildman–Crippen LogP) is 0.804. The van der Waals surface area contributed by atoms with E-state index in [-0.39, 0.29) is 5.92 Å². The Hall–Kier alpha value is -1.86. The van der Waals surface area contributed by atoms with Crippen LogP contribution in [0, 0.1) is 11.8 Å². The molecule has 0 saturated carbocycles. The lowest BCUT2D eigenvalue weighted by Crippen LogP contribution is -2.50. The van der Waals surface area contributed by atoms with Crippen molar-refractivity contribution in [2.75, 3.05) is 5.32 Å². The average molecular weight is 306 g/mol. The van der Waals surface area contributed by atoms with Gasteiger partial charge in [0.1, 0.15) is 5.92 Å². The number of amides is 2. The first kappa shape index (κ1) is 18.2. The van der Waals surface area contributed by atoms with Crippen LogP contribution in [0.1, 0.15) is 27.2 Å². The zero-order chi connectivity index (χ0) is 16.7. The van der Waals surface area contributed by atoms with Crippen molar-refractivity contribution in [2.24, 2.45) is 11.8 Å². The normalized spacial score (nSPS) is 13.4. The highest BCUT2D eigenvalue weighted by atomic mass is 16.4. The van der Waals surface area contributed by atoms with Crippen LogP contribution in [0.2, 0.25) is 0 Å². The molecule has 4 N–H and O–H groups in total. The lowest BCUT2D eigenvalue weighted by Gasteiger charge is -2.21. The first-order valence-electron chi connectivity index (χ1n) is 7.33. The predicted molar refractivity (Wildman–Crippen MR) is 85.8 cm³/mol. The van der Waals surface area contributed by atoms with E-state index in [0.29, 0.717) is 12.1 Å². The third kappa shape index (κ3) is 5.87. The van der Waals surface area contributed by atoms with Crippen LogP contribution in [0.3, 0.4) is 0 Å². The highest BCUT2D eigenvalue weighted by molar-refractivity contribution is 6.43. The minimum atomic E-state index is -1.66. The lowest BCUT2D eigenvalue weighted by atomic mass is 9.75. The van der Waals surface area contributed by atoms with E-state index in [9.17, 15) is 19.6 Å². The largest absolute Gasteiger partial charge is 0.475 e. The average Bonchev–Trinajstić information content (AvgIpc) is 2.46. The minimum Gasteiger partial charge on any atom is -0.426 e. The number of para-hydroxylation sites is 1. The first-order valence-corrected chi connectivity index (χ1v) is 7.33. The van der Waals surface area contributed by atoms with Crippen LogP contribution in [0.4, 0.5) is 5.69 Å². The molecule has 0 aliphatic rings. The first-order chi connectivity index (χ1) is 10.3. The molecule has 0 bridgehead atoms. The third-order valence-corrected chi connectivity index (χ3v) is 3.24. The van der Waals surface area contributed by atoms with Gasteiger partial charge in [-0.2, -0.15) is 0 Å². The maximum atomic E-state index is 12.1. The molecular formula is C15H23BN2O4. The van der Waals surface area contributed by atoms with E-state index in [0.717, 1.165) is 0 Å². The molecule has 120 valence electrons. The fraction of sp³-hybridized carbons (Fsp3) is 0.467. The van der Waals surface area contributed by atoms with Gasteiger partial charge in [0.05, 0.1) is 5.94 Å². The number of hydrogen-bond donors (Lipinski definition) is 4. The molecule has 2 atom stereocenters. The van der Waals surface area contributed by atoms with Gasteiger partial charge in [0.2, 0.25) is 11.8 Å². The number of carbonyl (C=O) groups excluding carboxylic acids is 2. The Morgan fingerprint density at radius 1 is 1.09 bits per heavy atom. The second kappa shape index (κ2) is 8.55. The highest BCUT2D eigenvalue weighted by Crippen LogP contribution is 2.10. The van der Waals surface area contributed by atoms with Crippen LogP contribution in [-0.4, -0.2) is 34.9 Å². The summed E-state index contributed by atoms with van der Waals surface area (Å²) in [5.74, 6) is -2.53. The third-order valence-electron chi connectivity index (χ3n) is 3.24. The zero-order valence-electron chi connectivity index (χ0n) is 13.1. The maximum absolute atomic E-state index is 12.1. The quantitative estimate of drug-likeness (QED) is 0.442. The number of rotatable bonds is 7. The van der Waals surface area contributed by atoms with E-state index < -0.39 is 30.8 Å². The Morgan fingerprint density at radius 3 is 2.18 bits per heavy atom. The molecule has 0 saturated heterocycles. The Balaban J connectivity index is 2.61. The number of hydrogen-bond acceptors (Lipinski definition) is 4. The fourth-order valence-electron chi connectivity index (χ4n) is 1.96. The van der Waals surface area contributed by atoms with Gasteiger partial charge in [-0.15, -0.1) is 0 Å². The summed E-state index contributed by atoms with van der Waals surface area (Å²) in [7, 11) is -1.66. The summed E-state index contributed by atoms with van der Waals surface area (Å²) >= 11 is 0. The summed E-state index contributed by atoms with van der Waals surface area (Å²) < 4.78 is 0. The molecule has 1 aromatic carbocycles. The summed E-state index contributed by atoms with van der Waals surface area (Å²) in [5, 5.41) is 23.8. The van der Waals surface area contributed by atoms with Crippen LogP contribution in [-0.2, 0) is 9.59 Å². The Morgan fingerprint density at radius 2 is 1.68 bits per heavy atom. The SMILES string of the molecule is CC(C)CC(NC(=O)C(C)C(=O)Nc1ccccc1)B(O)O. The van der Waals surface area contributed by atoms with E-state index in [1.54, 1.807) is 24.3 Å². The molecule has 1 aromatic rings. The summed E-state index contributed by atoms with van der Waals surface area (Å²) in [6.07, 6.45) is 0.413. The van der Waals surface area contributed by atoms with Crippen molar-refractivity contribution >= 4 is 24.6 Å². The van der Waals surface area contributed by atoms with Gasteiger partial charge >= 0.3 is 7.12 Å². The fourth-order valence-corrected chi connectivity index (χ4v) is 1.96. The van der Waals surface area contributed by atoms with Gasteiger partial charge in [0.15, 0.2) is 0 Å². The van der Waals surface area contributed by atoms with E-state index in [4.69, 9.17) is 0 Å². The Labute approximate surface area is 131 Å². The second-order valence-electron chi connectivity index (χ2n) is 5.74. The molecule has 2 unspecified atom stereocenters. The van der Waals surface area contributed by atoms with Crippen molar-refractivity contribution in [1.82, 2.24) is 5.32 Å². The van der Waals surface area contributed by atoms with Crippen molar-refractivity contribution in [1.29, 1.82) is 0 Å². The van der Waals surface area contributed by atoms with E-state index in [1.165, 1.54) is 6.92 Å². The summed E-state index contributed by atoms with van der Waals surface area (Å²) in [6.45, 7) is 5.30. The molecule has 22 heavy (non-hydrogen) atoms. The lowest BCUT2D eigenvalue weighted by molar-refractivity contribution is -0.132. The minimum absolute atomic E-state index is 0.181. The van der Waals surface area contributed by atoms with Crippen LogP contribution in [0.5, 0.6) is 0 Å². The van der Waals surface area contributed by atoms with E-state index in [1.807, 2.05) is 19.9 Å². The summed E-state index contributed by atoms with van der Waals surface area (Å²) in [4.78, 5) is 24.1. The molecule has 0 aliphatic heterocycles. The van der Waals surface area contributed by atoms with Crippen LogP contribution in [0.15, 0.2) is 30.3 Å². The van der Waals surface area contributed by atoms with Gasteiger partial charge in [-0.1, -0.05) is 32.0 Å². The van der Waals surface area contributed by atoms with Crippen molar-refractivity contribution in [2.45, 2.75) is 33.1 Å². The molecule has 0 spiro atoms. The van der Waals surface area contributed by atoms with Crippen molar-refractivity contribution in [3.8, 4) is 0 Å². The van der Waals surface area contributed by atoms with Crippen LogP contribution in [0.25, 0.3) is 0 Å². The standard InChI is InChI=1S/C15H23BN2O4/c1-10(2)9-13(16(21)22)18-15(20)11(3)14(19)17-12-7-5-4-6-8-12/h4-8,10-11,13,21-22H,9H2,1-3H3,(H,17,19)(H,18,20). The monoisotopic (exact) mass is 306 g/mol. The van der Waals surface area contributed by atoms with Crippen molar-refractivity contribution in [3.63, 3.8) is 0 Å². The van der Waals surface area contributed by atoms with Gasteiger partial charge in [0.25, 0.3) is 0 Å². The Kier molecular flexibility index (Phi) is 7.07. The molecule has 0 fully saturated rings. The Bertz CT molecular complexity index is 494. The molecule has 0 aromatic heterocycles. The van der Waals surface area contributed by atoms with E-state index >= 15 is 0 Å². The summed E-state index contributed by atoms with van der Waals surface area (Å²) in [6, 6.07) is 8.83. The summed E-state index contributed by atoms with van der Waals surface area (Å²) in [5.41, 5.74) is 0.605. The number of carbonyl (C=O) groups is 2. The van der Waals surface area contributed by atoms with Gasteiger partial charge in [0, 0.05) is 5.69 Å². The molecule has 1 rings (SSSR count). The molecule has 0 radical (unpaired) electrons. The molecule has 7 heteroatoms. The van der Waals surface area contributed by atoms with Crippen molar-refractivity contribution < 1.29 is 19.6 Å². The van der Waals surface area contributed by atoms with Gasteiger partial charge in [-0.05, 0) is 31.4 Å². The topological polar surface area (TPSA) is 98.7 Å². The molecule has 6 nitrogen and oxygen atoms in total. The van der Waals surface area contributed by atoms with E-state index in [2.05, 4.69) is 10.6 Å². The van der Waals surface area contributed by atoms with Gasteiger partial charge in [-0.25, -0.2) is 0 Å². The number of benzene rings is 1. The van der Waals surface area contributed by atoms with Crippen LogP contribution < -0.4 is 10.6 Å². The highest BCUT2D eigenvalue weighted by Gasteiger charge is 2.30. The van der Waals surface area contributed by atoms with Gasteiger partial charge < -0.3 is 20.7 Å².